The smallest absolute Gasteiger partial charge is 0.338 e. The summed E-state index contributed by atoms with van der Waals surface area (Å²) in [4.78, 5) is 32.7. The second-order valence-electron chi connectivity index (χ2n) is 10.4. The van der Waals surface area contributed by atoms with Crippen LogP contribution >= 0.6 is 0 Å². The summed E-state index contributed by atoms with van der Waals surface area (Å²) in [6.07, 6.45) is 4.38. The molecule has 1 saturated heterocycles. The van der Waals surface area contributed by atoms with Gasteiger partial charge in [-0.1, -0.05) is 49.4 Å². The van der Waals surface area contributed by atoms with Crippen molar-refractivity contribution in [2.75, 3.05) is 18.0 Å². The van der Waals surface area contributed by atoms with Crippen LogP contribution in [0.3, 0.4) is 0 Å². The molecule has 0 N–H and O–H groups in total. The maximum Gasteiger partial charge on any atom is 0.338 e. The van der Waals surface area contributed by atoms with Gasteiger partial charge in [0.15, 0.2) is 5.78 Å². The molecular weight excluding hydrogens is 436 g/mol. The molecular formula is C30H34N2O3. The largest absolute Gasteiger partial charge is 0.456 e. The van der Waals surface area contributed by atoms with E-state index < -0.39 is 5.60 Å². The van der Waals surface area contributed by atoms with E-state index in [1.807, 2.05) is 69.4 Å². The zero-order valence-corrected chi connectivity index (χ0v) is 21.1. The lowest BCUT2D eigenvalue weighted by molar-refractivity contribution is 0.00694. The molecule has 35 heavy (non-hydrogen) atoms. The number of ketones is 1. The zero-order valence-electron chi connectivity index (χ0n) is 21.1. The van der Waals surface area contributed by atoms with Gasteiger partial charge in [0, 0.05) is 25.1 Å². The van der Waals surface area contributed by atoms with Gasteiger partial charge in [-0.15, -0.1) is 0 Å². The molecule has 5 nitrogen and oxygen atoms in total. The summed E-state index contributed by atoms with van der Waals surface area (Å²) in [5, 5.41) is 0. The topological polar surface area (TPSA) is 59.5 Å². The van der Waals surface area contributed by atoms with Crippen molar-refractivity contribution < 1.29 is 14.3 Å². The van der Waals surface area contributed by atoms with Crippen LogP contribution < -0.4 is 4.90 Å². The molecule has 0 aliphatic carbocycles. The van der Waals surface area contributed by atoms with Crippen molar-refractivity contribution in [1.82, 2.24) is 4.98 Å². The van der Waals surface area contributed by atoms with Crippen LogP contribution in [0.2, 0.25) is 0 Å². The molecule has 182 valence electrons. The lowest BCUT2D eigenvalue weighted by Gasteiger charge is -2.32. The minimum absolute atomic E-state index is 0.0484. The molecule has 0 saturated carbocycles. The van der Waals surface area contributed by atoms with Crippen molar-refractivity contribution in [2.24, 2.45) is 5.92 Å². The van der Waals surface area contributed by atoms with E-state index in [0.717, 1.165) is 41.4 Å². The molecule has 1 fully saturated rings. The molecule has 0 spiro atoms. The molecule has 1 aliphatic heterocycles. The Labute approximate surface area is 208 Å². The normalized spacial score (nSPS) is 14.6. The first-order valence-corrected chi connectivity index (χ1v) is 12.4. The molecule has 1 aliphatic rings. The fourth-order valence-corrected chi connectivity index (χ4v) is 4.32. The van der Waals surface area contributed by atoms with Crippen LogP contribution in [0.4, 0.5) is 5.69 Å². The minimum Gasteiger partial charge on any atom is -0.456 e. The number of esters is 1. The predicted octanol–water partition coefficient (Wildman–Crippen LogP) is 6.37. The number of pyridine rings is 1. The van der Waals surface area contributed by atoms with E-state index in [2.05, 4.69) is 22.9 Å². The number of piperidine rings is 1. The molecule has 1 aromatic heterocycles. The van der Waals surface area contributed by atoms with Crippen molar-refractivity contribution in [3.63, 3.8) is 0 Å². The maximum atomic E-state index is 13.4. The van der Waals surface area contributed by atoms with Gasteiger partial charge in [0.1, 0.15) is 11.3 Å². The van der Waals surface area contributed by atoms with E-state index in [0.29, 0.717) is 11.3 Å². The summed E-state index contributed by atoms with van der Waals surface area (Å²) in [7, 11) is 0. The summed E-state index contributed by atoms with van der Waals surface area (Å²) < 4.78 is 5.43. The zero-order chi connectivity index (χ0) is 25.0. The Hall–Kier alpha value is -3.47. The first-order valence-electron chi connectivity index (χ1n) is 12.4. The Balaban J connectivity index is 1.56. The monoisotopic (exact) mass is 470 g/mol. The molecule has 2 heterocycles. The van der Waals surface area contributed by atoms with E-state index in [1.54, 1.807) is 12.1 Å². The third-order valence-corrected chi connectivity index (χ3v) is 6.32. The van der Waals surface area contributed by atoms with Crippen molar-refractivity contribution in [3.05, 3.63) is 83.7 Å². The fraction of sp³-hybridized carbons (Fsp3) is 0.367. The van der Waals surface area contributed by atoms with Crippen LogP contribution in [0.5, 0.6) is 0 Å². The van der Waals surface area contributed by atoms with Gasteiger partial charge in [-0.3, -0.25) is 9.78 Å². The number of carbonyl (C=O) groups excluding carboxylic acids is 2. The fourth-order valence-electron chi connectivity index (χ4n) is 4.32. The Morgan fingerprint density at radius 1 is 1.00 bits per heavy atom. The van der Waals surface area contributed by atoms with Crippen LogP contribution in [0.1, 0.15) is 66.9 Å². The van der Waals surface area contributed by atoms with Gasteiger partial charge in [0.25, 0.3) is 0 Å². The molecule has 0 unspecified atom stereocenters. The Bertz CT molecular complexity index is 1170. The second-order valence-corrected chi connectivity index (χ2v) is 10.4. The van der Waals surface area contributed by atoms with Crippen molar-refractivity contribution in [2.45, 2.75) is 52.6 Å². The average Bonchev–Trinajstić information content (AvgIpc) is 2.84. The highest BCUT2D eigenvalue weighted by atomic mass is 16.6. The number of hydrogen-bond acceptors (Lipinski definition) is 5. The van der Waals surface area contributed by atoms with E-state index in [-0.39, 0.29) is 18.2 Å². The molecule has 3 aromatic rings. The highest BCUT2D eigenvalue weighted by molar-refractivity contribution is 6.02. The van der Waals surface area contributed by atoms with Crippen LogP contribution in [0.25, 0.3) is 11.1 Å². The average molecular weight is 471 g/mol. The Kier molecular flexibility index (Phi) is 7.34. The first-order chi connectivity index (χ1) is 16.7. The van der Waals surface area contributed by atoms with Gasteiger partial charge in [-0.2, -0.15) is 0 Å². The summed E-state index contributed by atoms with van der Waals surface area (Å²) in [5.74, 6) is 0.328. The first kappa shape index (κ1) is 24.6. The molecule has 2 aromatic carbocycles. The lowest BCUT2D eigenvalue weighted by Crippen LogP contribution is -2.33. The van der Waals surface area contributed by atoms with Crippen molar-refractivity contribution >= 4 is 17.4 Å². The van der Waals surface area contributed by atoms with Crippen LogP contribution in [-0.4, -0.2) is 35.4 Å². The number of aromatic nitrogens is 1. The minimum atomic E-state index is -0.552. The van der Waals surface area contributed by atoms with Gasteiger partial charge in [-0.05, 0) is 68.9 Å². The highest BCUT2D eigenvalue weighted by Gasteiger charge is 2.21. The Morgan fingerprint density at radius 3 is 2.29 bits per heavy atom. The quantitative estimate of drug-likeness (QED) is 0.310. The Morgan fingerprint density at radius 2 is 1.66 bits per heavy atom. The van der Waals surface area contributed by atoms with Crippen LogP contribution in [-0.2, 0) is 11.2 Å². The molecule has 0 bridgehead atoms. The molecule has 0 amide bonds. The third-order valence-electron chi connectivity index (χ3n) is 6.32. The standard InChI is InChI=1S/C30H34N2O3/c1-21-14-16-32(17-15-21)25-19-26(23-8-6-5-7-9-23)28(31-20-25)27(33)18-22-10-12-24(13-11-22)29(34)35-30(2,3)4/h5-13,19-21H,14-18H2,1-4H3. The molecule has 5 heteroatoms. The SMILES string of the molecule is CC1CCN(c2cnc(C(=O)Cc3ccc(C(=O)OC(C)(C)C)cc3)c(-c3ccccc3)c2)CC1. The number of Topliss-reactive ketones (excluding diaryl/α,β-unsaturated/α-hetero) is 1. The van der Waals surface area contributed by atoms with Crippen molar-refractivity contribution in [1.29, 1.82) is 0 Å². The number of anilines is 1. The number of nitrogens with zero attached hydrogens (tertiary/aromatic N) is 2. The summed E-state index contributed by atoms with van der Waals surface area (Å²) >= 11 is 0. The van der Waals surface area contributed by atoms with Crippen LogP contribution in [0.15, 0.2) is 66.9 Å². The number of carbonyl (C=O) groups is 2. The van der Waals surface area contributed by atoms with E-state index in [1.165, 1.54) is 12.8 Å². The second kappa shape index (κ2) is 10.4. The number of ether oxygens (including phenoxy) is 1. The third kappa shape index (κ3) is 6.36. The number of benzene rings is 2. The number of rotatable bonds is 6. The van der Waals surface area contributed by atoms with Crippen molar-refractivity contribution in [3.8, 4) is 11.1 Å². The number of hydrogen-bond donors (Lipinski definition) is 0. The van der Waals surface area contributed by atoms with E-state index >= 15 is 0 Å². The van der Waals surface area contributed by atoms with Crippen LogP contribution in [0, 0.1) is 5.92 Å². The highest BCUT2D eigenvalue weighted by Crippen LogP contribution is 2.30. The van der Waals surface area contributed by atoms with E-state index in [4.69, 9.17) is 4.74 Å². The summed E-state index contributed by atoms with van der Waals surface area (Å²) in [6.45, 7) is 9.83. The molecule has 4 rings (SSSR count). The molecule has 0 atom stereocenters. The molecule has 0 radical (unpaired) electrons. The summed E-state index contributed by atoms with van der Waals surface area (Å²) in [5.41, 5.74) is 4.13. The van der Waals surface area contributed by atoms with Gasteiger partial charge < -0.3 is 9.64 Å². The van der Waals surface area contributed by atoms with Gasteiger partial charge in [0.2, 0.25) is 0 Å². The van der Waals surface area contributed by atoms with Gasteiger partial charge >= 0.3 is 5.97 Å². The lowest BCUT2D eigenvalue weighted by atomic mass is 9.96. The summed E-state index contributed by atoms with van der Waals surface area (Å²) in [6, 6.07) is 19.1. The van der Waals surface area contributed by atoms with Gasteiger partial charge in [0.05, 0.1) is 17.4 Å². The maximum absolute atomic E-state index is 13.4. The van der Waals surface area contributed by atoms with E-state index in [9.17, 15) is 9.59 Å². The van der Waals surface area contributed by atoms with Gasteiger partial charge in [-0.25, -0.2) is 4.79 Å². The predicted molar refractivity (Wildman–Crippen MR) is 140 cm³/mol.